The van der Waals surface area contributed by atoms with Gasteiger partial charge in [0.05, 0.1) is 27.6 Å². The Balaban J connectivity index is 0.991. The molecule has 5 heteroatoms. The van der Waals surface area contributed by atoms with Crippen LogP contribution in [-0.2, 0) is 0 Å². The normalized spacial score (nSPS) is 12.3. The maximum atomic E-state index is 6.49. The van der Waals surface area contributed by atoms with E-state index in [9.17, 15) is 0 Å². The molecule has 0 bridgehead atoms. The highest BCUT2D eigenvalue weighted by atomic mass is 16.3. The summed E-state index contributed by atoms with van der Waals surface area (Å²) in [5.41, 5.74) is 14.5. The van der Waals surface area contributed by atoms with Crippen molar-refractivity contribution in [2.45, 2.75) is 0 Å². The van der Waals surface area contributed by atoms with E-state index < -0.39 is 0 Å². The van der Waals surface area contributed by atoms with Gasteiger partial charge in [-0.15, -0.1) is 0 Å². The smallest absolute Gasteiger partial charge is 0.180 e. The highest BCUT2D eigenvalue weighted by Crippen LogP contribution is 2.48. The van der Waals surface area contributed by atoms with Crippen LogP contribution in [0.15, 0.2) is 199 Å². The van der Waals surface area contributed by atoms with Crippen LogP contribution in [0.1, 0.15) is 0 Å². The van der Waals surface area contributed by atoms with Crippen LogP contribution < -0.4 is 0 Å². The molecule has 0 spiro atoms. The van der Waals surface area contributed by atoms with Crippen molar-refractivity contribution in [3.63, 3.8) is 0 Å². The van der Waals surface area contributed by atoms with Gasteiger partial charge in [0, 0.05) is 59.9 Å². The molecular formula is C56H32N4O. The van der Waals surface area contributed by atoms with Gasteiger partial charge in [0.2, 0.25) is 0 Å². The molecule has 0 amide bonds. The molecule has 0 N–H and O–H groups in total. The fourth-order valence-corrected chi connectivity index (χ4v) is 10.2. The van der Waals surface area contributed by atoms with Crippen molar-refractivity contribution in [2.75, 3.05) is 0 Å². The minimum absolute atomic E-state index is 0.654. The molecule has 5 aromatic heterocycles. The third-order valence-corrected chi connectivity index (χ3v) is 12.9. The molecule has 5 nitrogen and oxygen atoms in total. The third kappa shape index (κ3) is 4.49. The first-order chi connectivity index (χ1) is 30.3. The van der Waals surface area contributed by atoms with Crippen LogP contribution in [0.3, 0.4) is 0 Å². The maximum absolute atomic E-state index is 6.49. The highest BCUT2D eigenvalue weighted by Gasteiger charge is 2.25. The molecule has 61 heavy (non-hydrogen) atoms. The first-order valence-corrected chi connectivity index (χ1v) is 20.7. The van der Waals surface area contributed by atoms with Crippen molar-refractivity contribution >= 4 is 92.7 Å². The van der Waals surface area contributed by atoms with Gasteiger partial charge >= 0.3 is 0 Å². The number of hydrogen-bond acceptors (Lipinski definition) is 3. The second kappa shape index (κ2) is 12.1. The van der Waals surface area contributed by atoms with Gasteiger partial charge in [0.25, 0.3) is 0 Å². The molecule has 0 aliphatic rings. The molecule has 0 fully saturated rings. The number of fused-ring (bicyclic) bond motifs is 15. The molecular weight excluding hydrogens is 745 g/mol. The van der Waals surface area contributed by atoms with Gasteiger partial charge in [0.15, 0.2) is 11.4 Å². The fraction of sp³-hybridized carbons (Fsp3) is 0. The molecule has 0 aliphatic heterocycles. The number of aromatic nitrogens is 4. The van der Waals surface area contributed by atoms with Gasteiger partial charge in [0.1, 0.15) is 16.8 Å². The van der Waals surface area contributed by atoms with Gasteiger partial charge in [-0.3, -0.25) is 0 Å². The van der Waals surface area contributed by atoms with E-state index in [0.717, 1.165) is 44.6 Å². The summed E-state index contributed by atoms with van der Waals surface area (Å²) in [7, 11) is 0. The molecule has 282 valence electrons. The molecule has 0 saturated heterocycles. The Bertz CT molecular complexity index is 4080. The molecule has 5 heterocycles. The summed E-state index contributed by atoms with van der Waals surface area (Å²) in [4.78, 5) is 10.5. The fourth-order valence-electron chi connectivity index (χ4n) is 10.2. The minimum atomic E-state index is 0.654. The van der Waals surface area contributed by atoms with E-state index in [1.807, 2.05) is 24.3 Å². The molecule has 14 aromatic rings. The molecule has 9 aromatic carbocycles. The standard InChI is InChI=1S/C56H32N4O/c1-2-12-33(13-3-1)34-22-24-36(25-23-34)50-55-51(43-18-8-11-21-48(43)61-55)58-56(57-50)37-26-29-38(30-27-37)59-46-19-9-6-16-40(46)44-32-45-41-31-28-35-14-4-5-15-39(35)52(41)60-47-20-10-7-17-42(47)49(53(44)59)54(45)60/h1-32H. The first-order valence-electron chi connectivity index (χ1n) is 20.7. The number of nitrogens with zero attached hydrogens (tertiary/aromatic N) is 4. The van der Waals surface area contributed by atoms with Gasteiger partial charge in [-0.1, -0.05) is 140 Å². The number of hydrogen-bond donors (Lipinski definition) is 0. The molecule has 0 saturated carbocycles. The van der Waals surface area contributed by atoms with Gasteiger partial charge in [-0.2, -0.15) is 0 Å². The lowest BCUT2D eigenvalue weighted by molar-refractivity contribution is 0.667. The average Bonchev–Trinajstić information content (AvgIpc) is 4.07. The van der Waals surface area contributed by atoms with E-state index in [1.165, 1.54) is 76.2 Å². The van der Waals surface area contributed by atoms with E-state index in [-0.39, 0.29) is 0 Å². The monoisotopic (exact) mass is 776 g/mol. The quantitative estimate of drug-likeness (QED) is 0.179. The zero-order chi connectivity index (χ0) is 39.8. The van der Waals surface area contributed by atoms with Crippen LogP contribution in [0, 0.1) is 0 Å². The lowest BCUT2D eigenvalue weighted by atomic mass is 10.0. The van der Waals surface area contributed by atoms with Gasteiger partial charge in [-0.25, -0.2) is 9.97 Å². The lowest BCUT2D eigenvalue weighted by Crippen LogP contribution is -1.96. The maximum Gasteiger partial charge on any atom is 0.180 e. The summed E-state index contributed by atoms with van der Waals surface area (Å²) in [6.45, 7) is 0. The van der Waals surface area contributed by atoms with E-state index >= 15 is 0 Å². The van der Waals surface area contributed by atoms with Crippen molar-refractivity contribution < 1.29 is 4.42 Å². The Morgan fingerprint density at radius 2 is 1.03 bits per heavy atom. The zero-order valence-electron chi connectivity index (χ0n) is 32.7. The number of para-hydroxylation sites is 3. The Hall–Kier alpha value is -8.28. The second-order valence-corrected chi connectivity index (χ2v) is 16.1. The highest BCUT2D eigenvalue weighted by molar-refractivity contribution is 6.35. The zero-order valence-corrected chi connectivity index (χ0v) is 32.7. The van der Waals surface area contributed by atoms with Crippen LogP contribution in [-0.4, -0.2) is 18.9 Å². The summed E-state index contributed by atoms with van der Waals surface area (Å²) in [6.07, 6.45) is 0. The summed E-state index contributed by atoms with van der Waals surface area (Å²) in [6, 6.07) is 69.4. The Labute approximate surface area is 348 Å². The third-order valence-electron chi connectivity index (χ3n) is 12.9. The topological polar surface area (TPSA) is 48.3 Å². The number of benzene rings is 9. The summed E-state index contributed by atoms with van der Waals surface area (Å²) in [5, 5.41) is 11.0. The molecule has 0 atom stereocenters. The minimum Gasteiger partial charge on any atom is -0.452 e. The Morgan fingerprint density at radius 1 is 0.393 bits per heavy atom. The number of rotatable bonds is 4. The molecule has 0 aliphatic carbocycles. The van der Waals surface area contributed by atoms with Crippen molar-refractivity contribution in [3.05, 3.63) is 194 Å². The van der Waals surface area contributed by atoms with E-state index in [1.54, 1.807) is 0 Å². The van der Waals surface area contributed by atoms with E-state index in [0.29, 0.717) is 11.4 Å². The lowest BCUT2D eigenvalue weighted by Gasteiger charge is -2.11. The van der Waals surface area contributed by atoms with E-state index in [4.69, 9.17) is 14.4 Å². The van der Waals surface area contributed by atoms with Crippen LogP contribution in [0.25, 0.3) is 132 Å². The SMILES string of the molecule is c1ccc(-c2ccc(-c3nc(-c4ccc(-n5c6ccccc6c6cc7c8ccc9ccccc9c8n8c9ccccc9c(c65)c78)cc4)nc4c3oc3ccccc34)cc2)cc1. The Kier molecular flexibility index (Phi) is 6.49. The average molecular weight is 777 g/mol. The van der Waals surface area contributed by atoms with Gasteiger partial charge in [-0.05, 0) is 71.1 Å². The first kappa shape index (κ1) is 32.7. The van der Waals surface area contributed by atoms with E-state index in [2.05, 4.69) is 179 Å². The van der Waals surface area contributed by atoms with Crippen LogP contribution in [0.4, 0.5) is 0 Å². The number of furan rings is 1. The van der Waals surface area contributed by atoms with Crippen molar-refractivity contribution in [3.8, 4) is 39.5 Å². The Morgan fingerprint density at radius 3 is 1.87 bits per heavy atom. The molecule has 14 rings (SSSR count). The predicted molar refractivity (Wildman–Crippen MR) is 252 cm³/mol. The molecule has 0 unspecified atom stereocenters. The summed E-state index contributed by atoms with van der Waals surface area (Å²) >= 11 is 0. The van der Waals surface area contributed by atoms with Crippen molar-refractivity contribution in [1.82, 2.24) is 18.9 Å². The largest absolute Gasteiger partial charge is 0.452 e. The van der Waals surface area contributed by atoms with Crippen LogP contribution in [0.5, 0.6) is 0 Å². The van der Waals surface area contributed by atoms with Crippen molar-refractivity contribution in [1.29, 1.82) is 0 Å². The van der Waals surface area contributed by atoms with Gasteiger partial charge < -0.3 is 13.4 Å². The van der Waals surface area contributed by atoms with Crippen LogP contribution >= 0.6 is 0 Å². The summed E-state index contributed by atoms with van der Waals surface area (Å²) < 4.78 is 11.5. The van der Waals surface area contributed by atoms with Crippen LogP contribution in [0.2, 0.25) is 0 Å². The second-order valence-electron chi connectivity index (χ2n) is 16.1. The van der Waals surface area contributed by atoms with Crippen molar-refractivity contribution in [2.24, 2.45) is 0 Å². The predicted octanol–water partition coefficient (Wildman–Crippen LogP) is 14.8. The molecule has 0 radical (unpaired) electrons. The summed E-state index contributed by atoms with van der Waals surface area (Å²) in [5.74, 6) is 0.654.